The van der Waals surface area contributed by atoms with Gasteiger partial charge in [0, 0.05) is 32.2 Å². The van der Waals surface area contributed by atoms with Crippen LogP contribution in [0.2, 0.25) is 5.02 Å². The van der Waals surface area contributed by atoms with Crippen LogP contribution in [0, 0.1) is 0 Å². The molecule has 0 heterocycles. The lowest BCUT2D eigenvalue weighted by molar-refractivity contribution is 0.465. The van der Waals surface area contributed by atoms with Gasteiger partial charge in [-0.25, -0.2) is 0 Å². The Balaban J connectivity index is 0.00000361. The molecule has 0 spiro atoms. The predicted molar refractivity (Wildman–Crippen MR) is 99.5 cm³/mol. The molecular formula is C15H25ClIN3. The predicted octanol–water partition coefficient (Wildman–Crippen LogP) is 3.81. The molecule has 114 valence electrons. The van der Waals surface area contributed by atoms with Crippen LogP contribution in [0.3, 0.4) is 0 Å². The van der Waals surface area contributed by atoms with Crippen molar-refractivity contribution in [2.75, 3.05) is 27.2 Å². The zero-order valence-electron chi connectivity index (χ0n) is 12.5. The SMILES string of the molecule is CCCCN(C)C(=NC)NCCc1cccc(Cl)c1.I. The van der Waals surface area contributed by atoms with E-state index in [0.717, 1.165) is 30.5 Å². The highest BCUT2D eigenvalue weighted by atomic mass is 127. The summed E-state index contributed by atoms with van der Waals surface area (Å²) < 4.78 is 0. The van der Waals surface area contributed by atoms with E-state index in [1.807, 2.05) is 25.2 Å². The summed E-state index contributed by atoms with van der Waals surface area (Å²) in [5.74, 6) is 0.954. The molecule has 1 aromatic carbocycles. The van der Waals surface area contributed by atoms with Crippen molar-refractivity contribution in [3.8, 4) is 0 Å². The standard InChI is InChI=1S/C15H24ClN3.HI/c1-4-5-11-19(3)15(17-2)18-10-9-13-7-6-8-14(16)12-13;/h6-8,12H,4-5,9-11H2,1-3H3,(H,17,18);1H. The molecule has 0 aliphatic carbocycles. The van der Waals surface area contributed by atoms with Crippen LogP contribution in [-0.4, -0.2) is 38.0 Å². The third-order valence-corrected chi connectivity index (χ3v) is 3.24. The van der Waals surface area contributed by atoms with E-state index < -0.39 is 0 Å². The lowest BCUT2D eigenvalue weighted by atomic mass is 10.1. The van der Waals surface area contributed by atoms with Gasteiger partial charge in [0.25, 0.3) is 0 Å². The monoisotopic (exact) mass is 409 g/mol. The van der Waals surface area contributed by atoms with Crippen molar-refractivity contribution in [3.63, 3.8) is 0 Å². The number of halogens is 2. The minimum Gasteiger partial charge on any atom is -0.356 e. The number of hydrogen-bond donors (Lipinski definition) is 1. The van der Waals surface area contributed by atoms with E-state index in [-0.39, 0.29) is 24.0 Å². The van der Waals surface area contributed by atoms with Crippen LogP contribution in [0.1, 0.15) is 25.3 Å². The Morgan fingerprint density at radius 1 is 1.40 bits per heavy atom. The molecule has 0 saturated heterocycles. The highest BCUT2D eigenvalue weighted by molar-refractivity contribution is 14.0. The normalized spacial score (nSPS) is 10.9. The summed E-state index contributed by atoms with van der Waals surface area (Å²) in [4.78, 5) is 6.46. The van der Waals surface area contributed by atoms with Crippen molar-refractivity contribution < 1.29 is 0 Å². The van der Waals surface area contributed by atoms with E-state index >= 15 is 0 Å². The molecule has 0 fully saturated rings. The summed E-state index contributed by atoms with van der Waals surface area (Å²) in [7, 11) is 3.90. The molecule has 20 heavy (non-hydrogen) atoms. The van der Waals surface area contributed by atoms with Gasteiger partial charge in [-0.2, -0.15) is 0 Å². The van der Waals surface area contributed by atoms with Gasteiger partial charge in [0.1, 0.15) is 0 Å². The van der Waals surface area contributed by atoms with Gasteiger partial charge in [0.2, 0.25) is 0 Å². The van der Waals surface area contributed by atoms with Gasteiger partial charge in [-0.3, -0.25) is 4.99 Å². The van der Waals surface area contributed by atoms with Crippen molar-refractivity contribution in [3.05, 3.63) is 34.9 Å². The second-order valence-electron chi connectivity index (χ2n) is 4.63. The Morgan fingerprint density at radius 2 is 2.15 bits per heavy atom. The smallest absolute Gasteiger partial charge is 0.193 e. The summed E-state index contributed by atoms with van der Waals surface area (Å²) in [5.41, 5.74) is 1.24. The number of nitrogens with one attached hydrogen (secondary N) is 1. The molecule has 0 aliphatic heterocycles. The Labute approximate surface area is 144 Å². The lowest BCUT2D eigenvalue weighted by Crippen LogP contribution is -2.40. The van der Waals surface area contributed by atoms with Crippen molar-refractivity contribution in [1.82, 2.24) is 10.2 Å². The highest BCUT2D eigenvalue weighted by Gasteiger charge is 2.04. The molecule has 1 N–H and O–H groups in total. The second-order valence-corrected chi connectivity index (χ2v) is 5.07. The minimum atomic E-state index is 0. The number of nitrogens with zero attached hydrogens (tertiary/aromatic N) is 2. The van der Waals surface area contributed by atoms with Crippen LogP contribution in [0.5, 0.6) is 0 Å². The number of aliphatic imine (C=N–C) groups is 1. The van der Waals surface area contributed by atoms with Crippen molar-refractivity contribution in [2.24, 2.45) is 4.99 Å². The summed E-state index contributed by atoms with van der Waals surface area (Å²) in [6, 6.07) is 7.99. The fraction of sp³-hybridized carbons (Fsp3) is 0.533. The fourth-order valence-electron chi connectivity index (χ4n) is 1.90. The second kappa shape index (κ2) is 11.2. The van der Waals surface area contributed by atoms with Crippen LogP contribution < -0.4 is 5.32 Å². The zero-order chi connectivity index (χ0) is 14.1. The summed E-state index contributed by atoms with van der Waals surface area (Å²) >= 11 is 5.97. The van der Waals surface area contributed by atoms with Gasteiger partial charge in [-0.1, -0.05) is 37.1 Å². The molecule has 5 heteroatoms. The lowest BCUT2D eigenvalue weighted by Gasteiger charge is -2.21. The molecular weight excluding hydrogens is 385 g/mol. The first-order valence-electron chi connectivity index (χ1n) is 6.83. The third-order valence-electron chi connectivity index (χ3n) is 3.01. The van der Waals surface area contributed by atoms with Gasteiger partial charge in [0.05, 0.1) is 0 Å². The Kier molecular flexibility index (Phi) is 10.9. The first-order chi connectivity index (χ1) is 9.17. The topological polar surface area (TPSA) is 27.6 Å². The van der Waals surface area contributed by atoms with E-state index in [2.05, 4.69) is 35.2 Å². The molecule has 0 unspecified atom stereocenters. The summed E-state index contributed by atoms with van der Waals surface area (Å²) in [5, 5.41) is 4.17. The Morgan fingerprint density at radius 3 is 2.75 bits per heavy atom. The van der Waals surface area contributed by atoms with Crippen LogP contribution in [0.15, 0.2) is 29.3 Å². The van der Waals surface area contributed by atoms with Gasteiger partial charge >= 0.3 is 0 Å². The third kappa shape index (κ3) is 7.33. The van der Waals surface area contributed by atoms with Gasteiger partial charge in [0.15, 0.2) is 5.96 Å². The van der Waals surface area contributed by atoms with Crippen LogP contribution in [0.4, 0.5) is 0 Å². The van der Waals surface area contributed by atoms with Gasteiger partial charge < -0.3 is 10.2 Å². The molecule has 0 aliphatic rings. The maximum absolute atomic E-state index is 5.97. The molecule has 3 nitrogen and oxygen atoms in total. The van der Waals surface area contributed by atoms with Crippen molar-refractivity contribution in [1.29, 1.82) is 0 Å². The first-order valence-corrected chi connectivity index (χ1v) is 7.21. The van der Waals surface area contributed by atoms with Gasteiger partial charge in [-0.15, -0.1) is 24.0 Å². The molecule has 1 rings (SSSR count). The first kappa shape index (κ1) is 19.5. The van der Waals surface area contributed by atoms with Crippen molar-refractivity contribution in [2.45, 2.75) is 26.2 Å². The minimum absolute atomic E-state index is 0. The van der Waals surface area contributed by atoms with E-state index in [1.165, 1.54) is 18.4 Å². The molecule has 0 radical (unpaired) electrons. The van der Waals surface area contributed by atoms with Crippen LogP contribution in [0.25, 0.3) is 0 Å². The highest BCUT2D eigenvalue weighted by Crippen LogP contribution is 2.10. The largest absolute Gasteiger partial charge is 0.356 e. The van der Waals surface area contributed by atoms with E-state index in [4.69, 9.17) is 11.6 Å². The zero-order valence-corrected chi connectivity index (χ0v) is 15.6. The summed E-state index contributed by atoms with van der Waals surface area (Å²) in [6.07, 6.45) is 3.33. The Hall–Kier alpha value is -0.490. The van der Waals surface area contributed by atoms with Crippen molar-refractivity contribution >= 4 is 41.5 Å². The molecule has 1 aromatic rings. The van der Waals surface area contributed by atoms with E-state index in [9.17, 15) is 0 Å². The number of benzene rings is 1. The number of guanidine groups is 1. The average molecular weight is 410 g/mol. The maximum atomic E-state index is 5.97. The number of unbranched alkanes of at least 4 members (excludes halogenated alkanes) is 1. The summed E-state index contributed by atoms with van der Waals surface area (Å²) in [6.45, 7) is 4.10. The molecule has 0 saturated carbocycles. The van der Waals surface area contributed by atoms with E-state index in [0.29, 0.717) is 0 Å². The van der Waals surface area contributed by atoms with Crippen LogP contribution in [-0.2, 0) is 6.42 Å². The molecule has 0 bridgehead atoms. The fourth-order valence-corrected chi connectivity index (χ4v) is 2.11. The Bertz CT molecular complexity index is 410. The van der Waals surface area contributed by atoms with Gasteiger partial charge in [-0.05, 0) is 30.5 Å². The average Bonchev–Trinajstić information content (AvgIpc) is 2.41. The molecule has 0 amide bonds. The number of hydrogen-bond acceptors (Lipinski definition) is 1. The number of rotatable bonds is 6. The molecule has 0 aromatic heterocycles. The van der Waals surface area contributed by atoms with Crippen LogP contribution >= 0.6 is 35.6 Å². The maximum Gasteiger partial charge on any atom is 0.193 e. The quantitative estimate of drug-likeness (QED) is 0.439. The molecule has 0 atom stereocenters. The van der Waals surface area contributed by atoms with E-state index in [1.54, 1.807) is 0 Å².